The summed E-state index contributed by atoms with van der Waals surface area (Å²) in [4.78, 5) is 16.1. The molecular formula is C23H19FN2O2. The Labute approximate surface area is 161 Å². The Bertz CT molecular complexity index is 1140. The molecule has 140 valence electrons. The number of aliphatic hydroxyl groups is 1. The van der Waals surface area contributed by atoms with Gasteiger partial charge in [0.15, 0.2) is 0 Å². The highest BCUT2D eigenvalue weighted by Gasteiger charge is 2.19. The fraction of sp³-hybridized carbons (Fsp3) is 0.0870. The Morgan fingerprint density at radius 1 is 0.964 bits per heavy atom. The number of nitrogens with one attached hydrogen (secondary N) is 2. The molecule has 0 unspecified atom stereocenters. The third-order valence-electron chi connectivity index (χ3n) is 4.68. The van der Waals surface area contributed by atoms with Gasteiger partial charge in [0.2, 0.25) is 0 Å². The van der Waals surface area contributed by atoms with Gasteiger partial charge < -0.3 is 15.4 Å². The zero-order valence-electron chi connectivity index (χ0n) is 15.1. The molecule has 3 aromatic carbocycles. The van der Waals surface area contributed by atoms with Crippen molar-refractivity contribution >= 4 is 16.8 Å². The molecule has 0 radical (unpaired) electrons. The van der Waals surface area contributed by atoms with Crippen LogP contribution in [0.1, 0.15) is 21.6 Å². The number of aromatic nitrogens is 1. The van der Waals surface area contributed by atoms with E-state index in [0.29, 0.717) is 28.7 Å². The first-order valence-electron chi connectivity index (χ1n) is 8.99. The molecule has 3 N–H and O–H groups in total. The van der Waals surface area contributed by atoms with Crippen LogP contribution in [0.5, 0.6) is 0 Å². The minimum atomic E-state index is -0.351. The fourth-order valence-corrected chi connectivity index (χ4v) is 3.35. The molecule has 4 nitrogen and oxygen atoms in total. The van der Waals surface area contributed by atoms with Gasteiger partial charge in [0, 0.05) is 23.0 Å². The number of carbonyl (C=O) groups is 1. The smallest absolute Gasteiger partial charge is 0.268 e. The van der Waals surface area contributed by atoms with Gasteiger partial charge >= 0.3 is 0 Å². The molecule has 0 atom stereocenters. The summed E-state index contributed by atoms with van der Waals surface area (Å²) in [5, 5.41) is 12.8. The zero-order valence-corrected chi connectivity index (χ0v) is 15.1. The van der Waals surface area contributed by atoms with Gasteiger partial charge in [0.25, 0.3) is 5.91 Å². The van der Waals surface area contributed by atoms with Gasteiger partial charge in [-0.25, -0.2) is 4.39 Å². The molecule has 28 heavy (non-hydrogen) atoms. The lowest BCUT2D eigenvalue weighted by molar-refractivity contribution is 0.0947. The number of benzene rings is 3. The lowest BCUT2D eigenvalue weighted by atomic mass is 10.0. The van der Waals surface area contributed by atoms with E-state index in [4.69, 9.17) is 0 Å². The second-order valence-electron chi connectivity index (χ2n) is 6.59. The second-order valence-corrected chi connectivity index (χ2v) is 6.59. The zero-order chi connectivity index (χ0) is 19.5. The van der Waals surface area contributed by atoms with E-state index >= 15 is 0 Å². The van der Waals surface area contributed by atoms with Crippen molar-refractivity contribution < 1.29 is 14.3 Å². The number of halogens is 1. The molecule has 0 aliphatic carbocycles. The standard InChI is InChI=1S/C23H19FN2O2/c24-18-9-10-20-19(12-18)21(17-7-2-1-3-8-17)22(26-20)23(28)25-13-15-5-4-6-16(11-15)14-27/h1-12,26-27H,13-14H2,(H,25,28). The first kappa shape index (κ1) is 17.9. The summed E-state index contributed by atoms with van der Waals surface area (Å²) in [5.41, 5.74) is 4.29. The van der Waals surface area contributed by atoms with Gasteiger partial charge in [-0.1, -0.05) is 54.6 Å². The molecular weight excluding hydrogens is 355 g/mol. The van der Waals surface area contributed by atoms with Gasteiger partial charge in [0.05, 0.1) is 6.61 Å². The number of fused-ring (bicyclic) bond motifs is 1. The van der Waals surface area contributed by atoms with Crippen LogP contribution < -0.4 is 5.32 Å². The maximum absolute atomic E-state index is 13.8. The molecule has 1 amide bonds. The van der Waals surface area contributed by atoms with Crippen LogP contribution in [0, 0.1) is 5.82 Å². The van der Waals surface area contributed by atoms with Crippen LogP contribution in [0.4, 0.5) is 4.39 Å². The van der Waals surface area contributed by atoms with Crippen LogP contribution in [-0.4, -0.2) is 16.0 Å². The highest BCUT2D eigenvalue weighted by atomic mass is 19.1. The van der Waals surface area contributed by atoms with Crippen LogP contribution in [0.3, 0.4) is 0 Å². The van der Waals surface area contributed by atoms with E-state index in [1.54, 1.807) is 6.07 Å². The van der Waals surface area contributed by atoms with E-state index in [-0.39, 0.29) is 18.3 Å². The van der Waals surface area contributed by atoms with Crippen molar-refractivity contribution in [2.24, 2.45) is 0 Å². The Kier molecular flexibility index (Phi) is 4.91. The van der Waals surface area contributed by atoms with Gasteiger partial charge in [-0.2, -0.15) is 0 Å². The lowest BCUT2D eigenvalue weighted by Gasteiger charge is -2.08. The summed E-state index contributed by atoms with van der Waals surface area (Å²) in [6.45, 7) is 0.276. The highest BCUT2D eigenvalue weighted by molar-refractivity contribution is 6.09. The Hall–Kier alpha value is -3.44. The van der Waals surface area contributed by atoms with Gasteiger partial charge in [-0.15, -0.1) is 0 Å². The van der Waals surface area contributed by atoms with Crippen molar-refractivity contribution in [3.8, 4) is 11.1 Å². The van der Waals surface area contributed by atoms with Crippen LogP contribution in [-0.2, 0) is 13.2 Å². The summed E-state index contributed by atoms with van der Waals surface area (Å²) >= 11 is 0. The average Bonchev–Trinajstić information content (AvgIpc) is 3.11. The van der Waals surface area contributed by atoms with Crippen LogP contribution in [0.25, 0.3) is 22.0 Å². The average molecular weight is 374 g/mol. The molecule has 0 saturated heterocycles. The summed E-state index contributed by atoms with van der Waals surface area (Å²) in [5.74, 6) is -0.624. The van der Waals surface area contributed by atoms with E-state index in [2.05, 4.69) is 10.3 Å². The monoisotopic (exact) mass is 374 g/mol. The van der Waals surface area contributed by atoms with Crippen molar-refractivity contribution in [2.75, 3.05) is 0 Å². The number of aromatic amines is 1. The van der Waals surface area contributed by atoms with Crippen molar-refractivity contribution in [2.45, 2.75) is 13.2 Å². The number of hydrogen-bond acceptors (Lipinski definition) is 2. The van der Waals surface area contributed by atoms with Gasteiger partial charge in [-0.3, -0.25) is 4.79 Å². The maximum atomic E-state index is 13.8. The normalized spacial score (nSPS) is 10.9. The summed E-state index contributed by atoms with van der Waals surface area (Å²) in [6.07, 6.45) is 0. The van der Waals surface area contributed by atoms with E-state index in [1.165, 1.54) is 12.1 Å². The van der Waals surface area contributed by atoms with Gasteiger partial charge in [0.1, 0.15) is 11.5 Å². The summed E-state index contributed by atoms with van der Waals surface area (Å²) in [7, 11) is 0. The Morgan fingerprint density at radius 3 is 2.54 bits per heavy atom. The summed E-state index contributed by atoms with van der Waals surface area (Å²) < 4.78 is 13.8. The Balaban J connectivity index is 1.70. The van der Waals surface area contributed by atoms with Gasteiger partial charge in [-0.05, 0) is 34.9 Å². The second kappa shape index (κ2) is 7.66. The number of amides is 1. The van der Waals surface area contributed by atoms with E-state index in [1.807, 2.05) is 54.6 Å². The first-order valence-corrected chi connectivity index (χ1v) is 8.99. The molecule has 0 aliphatic rings. The molecule has 1 aromatic heterocycles. The first-order chi connectivity index (χ1) is 13.7. The van der Waals surface area contributed by atoms with Crippen LogP contribution >= 0.6 is 0 Å². The minimum Gasteiger partial charge on any atom is -0.392 e. The molecule has 0 fully saturated rings. The van der Waals surface area contributed by atoms with Crippen molar-refractivity contribution in [3.05, 3.63) is 95.4 Å². The summed E-state index contributed by atoms with van der Waals surface area (Å²) in [6, 6.07) is 21.3. The van der Waals surface area contributed by atoms with Crippen molar-refractivity contribution in [3.63, 3.8) is 0 Å². The highest BCUT2D eigenvalue weighted by Crippen LogP contribution is 2.33. The number of aliphatic hydroxyl groups excluding tert-OH is 1. The molecule has 0 saturated carbocycles. The molecule has 5 heteroatoms. The topological polar surface area (TPSA) is 65.1 Å². The van der Waals surface area contributed by atoms with Crippen molar-refractivity contribution in [1.82, 2.24) is 10.3 Å². The van der Waals surface area contributed by atoms with Crippen molar-refractivity contribution in [1.29, 1.82) is 0 Å². The maximum Gasteiger partial charge on any atom is 0.268 e. The molecule has 1 heterocycles. The number of H-pyrrole nitrogens is 1. The third kappa shape index (κ3) is 3.52. The lowest BCUT2D eigenvalue weighted by Crippen LogP contribution is -2.23. The SMILES string of the molecule is O=C(NCc1cccc(CO)c1)c1[nH]c2ccc(F)cc2c1-c1ccccc1. The largest absolute Gasteiger partial charge is 0.392 e. The number of hydrogen-bond donors (Lipinski definition) is 3. The molecule has 4 rings (SSSR count). The van der Waals surface area contributed by atoms with E-state index < -0.39 is 0 Å². The quantitative estimate of drug-likeness (QED) is 0.485. The third-order valence-corrected chi connectivity index (χ3v) is 4.68. The molecule has 0 aliphatic heterocycles. The predicted octanol–water partition coefficient (Wildman–Crippen LogP) is 4.40. The van der Waals surface area contributed by atoms with Crippen LogP contribution in [0.2, 0.25) is 0 Å². The molecule has 0 bridgehead atoms. The number of carbonyl (C=O) groups excluding carboxylic acids is 1. The predicted molar refractivity (Wildman–Crippen MR) is 107 cm³/mol. The Morgan fingerprint density at radius 2 is 1.75 bits per heavy atom. The minimum absolute atomic E-state index is 0.0481. The van der Waals surface area contributed by atoms with E-state index in [0.717, 1.165) is 16.7 Å². The fourth-order valence-electron chi connectivity index (χ4n) is 3.35. The van der Waals surface area contributed by atoms with E-state index in [9.17, 15) is 14.3 Å². The number of rotatable bonds is 5. The molecule has 4 aromatic rings. The molecule has 0 spiro atoms. The van der Waals surface area contributed by atoms with Crippen LogP contribution in [0.15, 0.2) is 72.8 Å².